The van der Waals surface area contributed by atoms with Gasteiger partial charge in [0.25, 0.3) is 8.32 Å². The lowest BCUT2D eigenvalue weighted by atomic mass is 9.45. The Hall–Kier alpha value is -2.16. The summed E-state index contributed by atoms with van der Waals surface area (Å²) in [5, 5.41) is 2.77. The smallest absolute Gasteiger partial charge is 0.306 e. The molecule has 6 heteroatoms. The van der Waals surface area contributed by atoms with Crippen LogP contribution < -0.4 is 10.4 Å². The van der Waals surface area contributed by atoms with Gasteiger partial charge in [-0.05, 0) is 144 Å². The van der Waals surface area contributed by atoms with Crippen molar-refractivity contribution in [2.24, 2.45) is 52.3 Å². The summed E-state index contributed by atoms with van der Waals surface area (Å²) in [4.78, 5) is 12.9. The first-order valence-corrected chi connectivity index (χ1v) is 27.1. The van der Waals surface area contributed by atoms with Crippen LogP contribution in [0.1, 0.15) is 120 Å². The zero-order chi connectivity index (χ0) is 38.8. The molecule has 54 heavy (non-hydrogen) atoms. The first-order valence-electron chi connectivity index (χ1n) is 21.8. The number of hydrogen-bond acceptors (Lipinski definition) is 4. The quantitative estimate of drug-likeness (QED) is 0.188. The number of carbonyl (C=O) groups is 1. The first-order chi connectivity index (χ1) is 25.4. The van der Waals surface area contributed by atoms with Crippen molar-refractivity contribution in [1.82, 2.24) is 0 Å². The molecule has 1 saturated heterocycles. The molecule has 4 fully saturated rings. The molecular weight excluding hydrogens is 697 g/mol. The maximum Gasteiger partial charge on any atom is 0.306 e. The van der Waals surface area contributed by atoms with Crippen LogP contribution in [0, 0.1) is 52.3 Å². The van der Waals surface area contributed by atoms with Gasteiger partial charge in [-0.15, -0.1) is 0 Å². The van der Waals surface area contributed by atoms with Crippen molar-refractivity contribution in [2.75, 3.05) is 0 Å². The van der Waals surface area contributed by atoms with E-state index in [4.69, 9.17) is 13.6 Å². The number of fused-ring (bicyclic) bond motifs is 5. The number of benzene rings is 2. The average Bonchev–Trinajstić information content (AvgIpc) is 3.40. The van der Waals surface area contributed by atoms with Gasteiger partial charge in [0.05, 0.1) is 5.76 Å². The van der Waals surface area contributed by atoms with Gasteiger partial charge in [-0.2, -0.15) is 0 Å². The highest BCUT2D eigenvalue weighted by atomic mass is 28.4. The van der Waals surface area contributed by atoms with E-state index in [0.717, 1.165) is 19.3 Å². The number of rotatable bonds is 9. The molecule has 5 aliphatic rings. The Kier molecular flexibility index (Phi) is 10.9. The van der Waals surface area contributed by atoms with Gasteiger partial charge >= 0.3 is 5.97 Å². The number of hydrogen-bond donors (Lipinski definition) is 0. The summed E-state index contributed by atoms with van der Waals surface area (Å²) in [5.41, 5.74) is 2.09. The Labute approximate surface area is 330 Å². The second-order valence-electron chi connectivity index (χ2n) is 21.3. The van der Waals surface area contributed by atoms with Crippen LogP contribution in [0.4, 0.5) is 0 Å². The summed E-state index contributed by atoms with van der Waals surface area (Å²) >= 11 is 0. The summed E-state index contributed by atoms with van der Waals surface area (Å²) in [7, 11) is -4.45. The van der Waals surface area contributed by atoms with Crippen molar-refractivity contribution in [3.63, 3.8) is 0 Å². The summed E-state index contributed by atoms with van der Waals surface area (Å²) in [5.74, 6) is 4.97. The fourth-order valence-corrected chi connectivity index (χ4v) is 18.6. The van der Waals surface area contributed by atoms with Crippen LogP contribution in [0.15, 0.2) is 72.0 Å². The zero-order valence-corrected chi connectivity index (χ0v) is 37.7. The van der Waals surface area contributed by atoms with Crippen LogP contribution in [0.5, 0.6) is 0 Å². The van der Waals surface area contributed by atoms with Gasteiger partial charge in [0.15, 0.2) is 0 Å². The lowest BCUT2D eigenvalue weighted by Crippen LogP contribution is -2.68. The summed E-state index contributed by atoms with van der Waals surface area (Å²) in [6.07, 6.45) is 11.4. The normalized spacial score (nSPS) is 35.2. The molecule has 7 rings (SSSR count). The lowest BCUT2D eigenvalue weighted by Gasteiger charge is -2.60. The number of allylic oxidation sites excluding steroid dienone is 2. The van der Waals surface area contributed by atoms with Gasteiger partial charge in [0, 0.05) is 18.9 Å². The summed E-state index contributed by atoms with van der Waals surface area (Å²) < 4.78 is 21.2. The van der Waals surface area contributed by atoms with Gasteiger partial charge in [-0.3, -0.25) is 4.79 Å². The van der Waals surface area contributed by atoms with E-state index in [1.54, 1.807) is 5.57 Å². The van der Waals surface area contributed by atoms with Gasteiger partial charge < -0.3 is 13.6 Å². The predicted molar refractivity (Wildman–Crippen MR) is 228 cm³/mol. The van der Waals surface area contributed by atoms with Gasteiger partial charge in [-0.25, -0.2) is 0 Å². The molecule has 0 aromatic heterocycles. The maximum absolute atomic E-state index is 12.9. The molecule has 0 unspecified atom stereocenters. The minimum absolute atomic E-state index is 0.00440. The highest BCUT2D eigenvalue weighted by Crippen LogP contribution is 2.68. The van der Waals surface area contributed by atoms with Crippen molar-refractivity contribution in [3.05, 3.63) is 72.0 Å². The molecular formula is C48H72O4Si2. The molecule has 0 bridgehead atoms. The third-order valence-electron chi connectivity index (χ3n) is 15.7. The molecule has 2 aromatic carbocycles. The van der Waals surface area contributed by atoms with Crippen molar-refractivity contribution in [1.29, 1.82) is 0 Å². The van der Waals surface area contributed by atoms with Crippen molar-refractivity contribution >= 4 is 33.0 Å². The predicted octanol–water partition coefficient (Wildman–Crippen LogP) is 11.3. The number of ether oxygens (including phenoxy) is 1. The molecule has 3 saturated carbocycles. The van der Waals surface area contributed by atoms with E-state index in [0.29, 0.717) is 53.3 Å². The zero-order valence-electron chi connectivity index (χ0n) is 35.7. The van der Waals surface area contributed by atoms with E-state index in [9.17, 15) is 4.79 Å². The van der Waals surface area contributed by atoms with E-state index < -0.39 is 16.6 Å². The molecule has 10 atom stereocenters. The number of esters is 1. The van der Waals surface area contributed by atoms with Gasteiger partial charge in [0.1, 0.15) is 6.10 Å². The monoisotopic (exact) mass is 768 g/mol. The van der Waals surface area contributed by atoms with E-state index in [-0.39, 0.29) is 28.6 Å². The molecule has 0 radical (unpaired) electrons. The SMILES string of the molecule is CC(C)[C@@H]1CC(=O)O[C@H]([C@@H](C)[C@H]2CC(O[Si](C)(C)C)=C3[C@@H]4CC[C@H]5C[C@@H](O[Si](c6ccccc6)(c6ccccc6)C(C)(C)C)CC[C@]5(C)[C@H]4CC[C@@]32C)C1. The second kappa shape index (κ2) is 14.7. The Balaban J connectivity index is 1.16. The third-order valence-corrected chi connectivity index (χ3v) is 21.7. The van der Waals surface area contributed by atoms with Crippen LogP contribution in [-0.2, 0) is 18.4 Å². The van der Waals surface area contributed by atoms with Crippen LogP contribution in [-0.4, -0.2) is 34.8 Å². The van der Waals surface area contributed by atoms with Crippen LogP contribution >= 0.6 is 0 Å². The van der Waals surface area contributed by atoms with Gasteiger partial charge in [-0.1, -0.05) is 116 Å². The fourth-order valence-electron chi connectivity index (χ4n) is 12.9. The standard InChI is InChI=1S/C48H72O4Si2/c1-32(2)34-28-42(50-44(49)29-34)33(3)41-31-43(52-53(9,10)11)45-39-23-22-35-30-36(24-26-47(35,7)40(39)25-27-48(41,45)8)51-54(46(4,5)6,37-18-14-12-15-19-37)38-20-16-13-17-21-38/h12-21,32-36,39-42H,22-31H2,1-11H3/t33-,34-,35-,36-,39+,40-,41+,42-,47-,48+/m0/s1. The minimum Gasteiger partial charge on any atom is -0.547 e. The molecule has 4 aliphatic carbocycles. The largest absolute Gasteiger partial charge is 0.547 e. The Bertz CT molecular complexity index is 1630. The Morgan fingerprint density at radius 3 is 2.02 bits per heavy atom. The molecule has 296 valence electrons. The average molecular weight is 769 g/mol. The molecule has 1 heterocycles. The lowest BCUT2D eigenvalue weighted by molar-refractivity contribution is -0.164. The molecule has 4 nitrogen and oxygen atoms in total. The summed E-state index contributed by atoms with van der Waals surface area (Å²) in [6, 6.07) is 22.5. The highest BCUT2D eigenvalue weighted by molar-refractivity contribution is 6.99. The molecule has 0 N–H and O–H groups in total. The first kappa shape index (κ1) is 40.1. The number of cyclic esters (lactones) is 1. The topological polar surface area (TPSA) is 44.8 Å². The van der Waals surface area contributed by atoms with Gasteiger partial charge in [0.2, 0.25) is 8.32 Å². The van der Waals surface area contributed by atoms with Crippen LogP contribution in [0.2, 0.25) is 24.7 Å². The second-order valence-corrected chi connectivity index (χ2v) is 30.0. The van der Waals surface area contributed by atoms with Crippen LogP contribution in [0.3, 0.4) is 0 Å². The van der Waals surface area contributed by atoms with Crippen molar-refractivity contribution in [2.45, 2.75) is 156 Å². The number of carbonyl (C=O) groups excluding carboxylic acids is 1. The third kappa shape index (κ3) is 7.05. The molecule has 1 aliphatic heterocycles. The maximum atomic E-state index is 12.9. The van der Waals surface area contributed by atoms with E-state index in [1.807, 2.05) is 0 Å². The van der Waals surface area contributed by atoms with E-state index in [2.05, 4.69) is 136 Å². The van der Waals surface area contributed by atoms with Crippen molar-refractivity contribution in [3.8, 4) is 0 Å². The highest BCUT2D eigenvalue weighted by Gasteiger charge is 2.62. The fraction of sp³-hybridized carbons (Fsp3) is 0.688. The van der Waals surface area contributed by atoms with E-state index in [1.165, 1.54) is 54.7 Å². The van der Waals surface area contributed by atoms with E-state index >= 15 is 0 Å². The van der Waals surface area contributed by atoms with Crippen molar-refractivity contribution < 1.29 is 18.4 Å². The minimum atomic E-state index is -2.61. The molecule has 0 spiro atoms. The molecule has 0 amide bonds. The Morgan fingerprint density at radius 1 is 0.815 bits per heavy atom. The Morgan fingerprint density at radius 2 is 1.44 bits per heavy atom. The molecule has 2 aromatic rings. The summed E-state index contributed by atoms with van der Waals surface area (Å²) in [6.45, 7) is 26.5. The van der Waals surface area contributed by atoms with Crippen LogP contribution in [0.25, 0.3) is 0 Å².